The van der Waals surface area contributed by atoms with Gasteiger partial charge in [0.05, 0.1) is 18.8 Å². The van der Waals surface area contributed by atoms with Gasteiger partial charge in [0.2, 0.25) is 5.91 Å². The van der Waals surface area contributed by atoms with Gasteiger partial charge in [0.1, 0.15) is 6.42 Å². The summed E-state index contributed by atoms with van der Waals surface area (Å²) in [5.41, 5.74) is 0. The van der Waals surface area contributed by atoms with Crippen molar-refractivity contribution in [2.45, 2.75) is 38.1 Å². The van der Waals surface area contributed by atoms with Crippen molar-refractivity contribution in [3.8, 4) is 0 Å². The Bertz CT molecular complexity index is 335. The quantitative estimate of drug-likeness (QED) is 0.763. The van der Waals surface area contributed by atoms with E-state index in [4.69, 9.17) is 4.74 Å². The third-order valence-corrected chi connectivity index (χ3v) is 3.79. The van der Waals surface area contributed by atoms with Crippen molar-refractivity contribution in [2.24, 2.45) is 0 Å². The molecule has 7 heteroatoms. The third-order valence-electron chi connectivity index (χ3n) is 3.79. The lowest BCUT2D eigenvalue weighted by Crippen LogP contribution is -2.60. The highest BCUT2D eigenvalue weighted by Gasteiger charge is 2.41. The number of rotatable bonds is 2. The van der Waals surface area contributed by atoms with Crippen LogP contribution >= 0.6 is 0 Å². The van der Waals surface area contributed by atoms with Gasteiger partial charge < -0.3 is 14.5 Å². The van der Waals surface area contributed by atoms with Gasteiger partial charge >= 0.3 is 6.18 Å². The number of likely N-dealkylation sites (N-methyl/N-ethyl adjacent to an activating group) is 1. The summed E-state index contributed by atoms with van der Waals surface area (Å²) in [4.78, 5) is 15.3. The van der Waals surface area contributed by atoms with Crippen LogP contribution in [0.1, 0.15) is 19.8 Å². The number of fused-ring (bicyclic) bond motifs is 1. The number of carbonyl (C=O) groups excluding carboxylic acids is 1. The number of morpholine rings is 1. The summed E-state index contributed by atoms with van der Waals surface area (Å²) in [6.07, 6.45) is -5.27. The van der Waals surface area contributed by atoms with Crippen LogP contribution in [-0.4, -0.2) is 66.8 Å². The number of hydrogen-bond acceptors (Lipinski definition) is 3. The fourth-order valence-corrected chi connectivity index (χ4v) is 2.83. The Labute approximate surface area is 110 Å². The molecule has 2 saturated heterocycles. The van der Waals surface area contributed by atoms with Crippen LogP contribution in [0.2, 0.25) is 0 Å². The zero-order valence-corrected chi connectivity index (χ0v) is 10.9. The molecule has 0 bridgehead atoms. The summed E-state index contributed by atoms with van der Waals surface area (Å²) in [5.74, 6) is -0.823. The lowest BCUT2D eigenvalue weighted by atomic mass is 9.98. The highest BCUT2D eigenvalue weighted by Crippen LogP contribution is 2.27. The number of ether oxygens (including phenoxy) is 1. The maximum absolute atomic E-state index is 12.3. The standard InChI is InChI=1S/C12H19F3N2O2/c1-2-16-4-3-9-10(8-16)19-6-5-17(9)11(18)7-12(13,14)15/h9-10H,2-8H2,1H3/t9-,10-/m0/s1. The molecule has 0 aromatic heterocycles. The predicted octanol–water partition coefficient (Wildman–Crippen LogP) is 1.26. The van der Waals surface area contributed by atoms with Gasteiger partial charge in [0.25, 0.3) is 0 Å². The molecule has 0 N–H and O–H groups in total. The highest BCUT2D eigenvalue weighted by atomic mass is 19.4. The van der Waals surface area contributed by atoms with Crippen molar-refractivity contribution in [1.82, 2.24) is 9.80 Å². The van der Waals surface area contributed by atoms with E-state index in [9.17, 15) is 18.0 Å². The van der Waals surface area contributed by atoms with E-state index in [1.54, 1.807) is 0 Å². The molecule has 2 aliphatic heterocycles. The number of carbonyl (C=O) groups is 1. The zero-order chi connectivity index (χ0) is 14.0. The first kappa shape index (κ1) is 14.6. The first-order chi connectivity index (χ1) is 8.90. The Kier molecular flexibility index (Phi) is 4.35. The molecule has 0 unspecified atom stereocenters. The zero-order valence-electron chi connectivity index (χ0n) is 10.9. The Morgan fingerprint density at radius 3 is 2.74 bits per heavy atom. The summed E-state index contributed by atoms with van der Waals surface area (Å²) < 4.78 is 42.6. The monoisotopic (exact) mass is 280 g/mol. The highest BCUT2D eigenvalue weighted by molar-refractivity contribution is 5.77. The molecule has 110 valence electrons. The fourth-order valence-electron chi connectivity index (χ4n) is 2.83. The second-order valence-electron chi connectivity index (χ2n) is 5.04. The van der Waals surface area contributed by atoms with Crippen molar-refractivity contribution in [1.29, 1.82) is 0 Å². The van der Waals surface area contributed by atoms with Crippen molar-refractivity contribution in [3.63, 3.8) is 0 Å². The lowest BCUT2D eigenvalue weighted by molar-refractivity contribution is -0.174. The number of amides is 1. The van der Waals surface area contributed by atoms with Crippen molar-refractivity contribution >= 4 is 5.91 Å². The maximum Gasteiger partial charge on any atom is 0.397 e. The number of piperidine rings is 1. The normalized spacial score (nSPS) is 29.2. The summed E-state index contributed by atoms with van der Waals surface area (Å²) in [6.45, 7) is 5.01. The van der Waals surface area contributed by atoms with Crippen LogP contribution in [0.4, 0.5) is 13.2 Å². The summed E-state index contributed by atoms with van der Waals surface area (Å²) in [7, 11) is 0. The molecular formula is C12H19F3N2O2. The van der Waals surface area contributed by atoms with E-state index in [1.807, 2.05) is 6.92 Å². The van der Waals surface area contributed by atoms with Crippen molar-refractivity contribution < 1.29 is 22.7 Å². The average Bonchev–Trinajstić information content (AvgIpc) is 2.35. The van der Waals surface area contributed by atoms with Crippen molar-refractivity contribution in [3.05, 3.63) is 0 Å². The molecule has 0 radical (unpaired) electrons. The fraction of sp³-hybridized carbons (Fsp3) is 0.917. The van der Waals surface area contributed by atoms with Crippen LogP contribution in [0.3, 0.4) is 0 Å². The summed E-state index contributed by atoms with van der Waals surface area (Å²) >= 11 is 0. The van der Waals surface area contributed by atoms with Crippen LogP contribution in [0, 0.1) is 0 Å². The molecule has 2 heterocycles. The first-order valence-electron chi connectivity index (χ1n) is 6.61. The summed E-state index contributed by atoms with van der Waals surface area (Å²) in [6, 6.07) is -0.202. The van der Waals surface area contributed by atoms with E-state index in [0.717, 1.165) is 13.1 Å². The second kappa shape index (κ2) is 5.66. The second-order valence-corrected chi connectivity index (χ2v) is 5.04. The van der Waals surface area contributed by atoms with E-state index in [1.165, 1.54) is 4.90 Å². The van der Waals surface area contributed by atoms with Crippen LogP contribution in [0.5, 0.6) is 0 Å². The minimum atomic E-state index is -4.44. The molecule has 4 nitrogen and oxygen atoms in total. The molecule has 0 aromatic rings. The molecule has 0 aromatic carbocycles. The number of hydrogen-bond donors (Lipinski definition) is 0. The van der Waals surface area contributed by atoms with Crippen LogP contribution in [0.15, 0.2) is 0 Å². The number of nitrogens with zero attached hydrogens (tertiary/aromatic N) is 2. The van der Waals surface area contributed by atoms with Crippen LogP contribution < -0.4 is 0 Å². The maximum atomic E-state index is 12.3. The smallest absolute Gasteiger partial charge is 0.373 e. The minimum Gasteiger partial charge on any atom is -0.373 e. The Hall–Kier alpha value is -0.820. The Morgan fingerprint density at radius 2 is 2.11 bits per heavy atom. The van der Waals surface area contributed by atoms with Gasteiger partial charge in [0, 0.05) is 19.6 Å². The van der Waals surface area contributed by atoms with Crippen molar-refractivity contribution in [2.75, 3.05) is 32.8 Å². The van der Waals surface area contributed by atoms with Gasteiger partial charge in [-0.15, -0.1) is 0 Å². The van der Waals surface area contributed by atoms with Gasteiger partial charge in [-0.2, -0.15) is 13.2 Å². The molecule has 19 heavy (non-hydrogen) atoms. The first-order valence-corrected chi connectivity index (χ1v) is 6.61. The van der Waals surface area contributed by atoms with E-state index >= 15 is 0 Å². The number of alkyl halides is 3. The molecule has 2 fully saturated rings. The molecule has 1 amide bonds. The van der Waals surface area contributed by atoms with E-state index in [2.05, 4.69) is 4.90 Å². The average molecular weight is 280 g/mol. The van der Waals surface area contributed by atoms with E-state index in [-0.39, 0.29) is 18.7 Å². The molecule has 2 aliphatic rings. The van der Waals surface area contributed by atoms with Gasteiger partial charge in [-0.05, 0) is 13.0 Å². The van der Waals surface area contributed by atoms with Crippen LogP contribution in [-0.2, 0) is 9.53 Å². The molecular weight excluding hydrogens is 261 g/mol. The predicted molar refractivity (Wildman–Crippen MR) is 62.6 cm³/mol. The van der Waals surface area contributed by atoms with Gasteiger partial charge in [0.15, 0.2) is 0 Å². The number of halogens is 3. The van der Waals surface area contributed by atoms with Crippen LogP contribution in [0.25, 0.3) is 0 Å². The minimum absolute atomic E-state index is 0.153. The van der Waals surface area contributed by atoms with Gasteiger partial charge in [-0.25, -0.2) is 0 Å². The van der Waals surface area contributed by atoms with E-state index < -0.39 is 18.5 Å². The molecule has 2 rings (SSSR count). The largest absolute Gasteiger partial charge is 0.397 e. The molecule has 0 saturated carbocycles. The molecule has 0 aliphatic carbocycles. The Balaban J connectivity index is 2.00. The number of likely N-dealkylation sites (tertiary alicyclic amines) is 1. The van der Waals surface area contributed by atoms with E-state index in [0.29, 0.717) is 19.6 Å². The third kappa shape index (κ3) is 3.60. The van der Waals surface area contributed by atoms with Gasteiger partial charge in [-0.3, -0.25) is 4.79 Å². The topological polar surface area (TPSA) is 32.8 Å². The van der Waals surface area contributed by atoms with Gasteiger partial charge in [-0.1, -0.05) is 6.92 Å². The SMILES string of the molecule is CCN1CC[C@H]2[C@H](C1)OCCN2C(=O)CC(F)(F)F. The molecule has 0 spiro atoms. The summed E-state index contributed by atoms with van der Waals surface area (Å²) in [5, 5.41) is 0. The lowest BCUT2D eigenvalue weighted by Gasteiger charge is -2.46. The molecule has 2 atom stereocenters. The Morgan fingerprint density at radius 1 is 1.37 bits per heavy atom.